The molecule has 0 radical (unpaired) electrons. The highest BCUT2D eigenvalue weighted by Gasteiger charge is 2.16. The van der Waals surface area contributed by atoms with Gasteiger partial charge in [-0.25, -0.2) is 0 Å². The number of anilines is 2. The number of allylic oxidation sites excluding steroid dienone is 3. The second-order valence-electron chi connectivity index (χ2n) is 10.4. The van der Waals surface area contributed by atoms with Crippen LogP contribution in [0.4, 0.5) is 11.4 Å². The number of unbranched alkanes of at least 4 members (excludes halogenated alkanes) is 2. The maximum absolute atomic E-state index is 6.33. The highest BCUT2D eigenvalue weighted by atomic mass is 16.3. The van der Waals surface area contributed by atoms with Gasteiger partial charge in [0.25, 0.3) is 0 Å². The van der Waals surface area contributed by atoms with Crippen molar-refractivity contribution >= 4 is 33.3 Å². The van der Waals surface area contributed by atoms with Crippen molar-refractivity contribution in [3.05, 3.63) is 146 Å². The molecule has 5 aromatic carbocycles. The smallest absolute Gasteiger partial charge is 0.143 e. The van der Waals surface area contributed by atoms with E-state index in [1.165, 1.54) is 29.7 Å². The lowest BCUT2D eigenvalue weighted by molar-refractivity contribution is 0.670. The Labute approximate surface area is 242 Å². The van der Waals surface area contributed by atoms with Crippen LogP contribution in [0.2, 0.25) is 0 Å². The zero-order chi connectivity index (χ0) is 28.0. The molecule has 0 unspecified atom stereocenters. The van der Waals surface area contributed by atoms with E-state index in [9.17, 15) is 0 Å². The summed E-state index contributed by atoms with van der Waals surface area (Å²) in [4.78, 5) is 2.37. The van der Waals surface area contributed by atoms with Gasteiger partial charge >= 0.3 is 0 Å². The fraction of sp³-hybridized carbons (Fsp3) is 0.128. The third kappa shape index (κ3) is 5.47. The van der Waals surface area contributed by atoms with E-state index in [-0.39, 0.29) is 0 Å². The van der Waals surface area contributed by atoms with Crippen LogP contribution in [0.1, 0.15) is 32.6 Å². The van der Waals surface area contributed by atoms with Gasteiger partial charge in [-0.1, -0.05) is 123 Å². The van der Waals surface area contributed by atoms with Gasteiger partial charge in [0.1, 0.15) is 11.2 Å². The Morgan fingerprint density at radius 1 is 0.659 bits per heavy atom. The van der Waals surface area contributed by atoms with Gasteiger partial charge in [0.05, 0.1) is 0 Å². The SMILES string of the molecule is C=C/C=C(\CCCCC)N(c1ccc(-c2ccccc2)cc1)c1ccc(-c2cccc3c2oc2ccccc23)cc1. The zero-order valence-corrected chi connectivity index (χ0v) is 23.6. The molecule has 2 heteroatoms. The van der Waals surface area contributed by atoms with Gasteiger partial charge in [-0.15, -0.1) is 0 Å². The molecule has 41 heavy (non-hydrogen) atoms. The summed E-state index contributed by atoms with van der Waals surface area (Å²) in [5.74, 6) is 0. The number of hydrogen-bond donors (Lipinski definition) is 0. The van der Waals surface area contributed by atoms with Crippen molar-refractivity contribution in [3.8, 4) is 22.3 Å². The first-order chi connectivity index (χ1) is 20.3. The van der Waals surface area contributed by atoms with Crippen molar-refractivity contribution < 1.29 is 4.42 Å². The first-order valence-electron chi connectivity index (χ1n) is 14.5. The van der Waals surface area contributed by atoms with Crippen LogP contribution in [0.15, 0.2) is 150 Å². The van der Waals surface area contributed by atoms with Crippen LogP contribution in [0.5, 0.6) is 0 Å². The molecule has 6 rings (SSSR count). The molecule has 0 aliphatic heterocycles. The predicted molar refractivity (Wildman–Crippen MR) is 176 cm³/mol. The summed E-state index contributed by atoms with van der Waals surface area (Å²) < 4.78 is 6.33. The fourth-order valence-corrected chi connectivity index (χ4v) is 5.64. The minimum Gasteiger partial charge on any atom is -0.455 e. The van der Waals surface area contributed by atoms with Crippen molar-refractivity contribution in [2.75, 3.05) is 4.90 Å². The number of furan rings is 1. The van der Waals surface area contributed by atoms with Crippen LogP contribution >= 0.6 is 0 Å². The minimum absolute atomic E-state index is 0.919. The summed E-state index contributed by atoms with van der Waals surface area (Å²) in [6.07, 6.45) is 8.58. The molecule has 1 heterocycles. The number of benzene rings is 5. The van der Waals surface area contributed by atoms with Crippen LogP contribution < -0.4 is 4.90 Å². The second kappa shape index (κ2) is 12.1. The van der Waals surface area contributed by atoms with Crippen molar-refractivity contribution in [2.24, 2.45) is 0 Å². The third-order valence-corrected chi connectivity index (χ3v) is 7.71. The maximum Gasteiger partial charge on any atom is 0.143 e. The Morgan fingerprint density at radius 3 is 2.00 bits per heavy atom. The van der Waals surface area contributed by atoms with Crippen LogP contribution in [0.25, 0.3) is 44.2 Å². The number of fused-ring (bicyclic) bond motifs is 3. The summed E-state index contributed by atoms with van der Waals surface area (Å²) in [5, 5.41) is 2.30. The molecule has 0 amide bonds. The highest BCUT2D eigenvalue weighted by molar-refractivity contribution is 6.09. The van der Waals surface area contributed by atoms with E-state index in [0.29, 0.717) is 0 Å². The predicted octanol–water partition coefficient (Wildman–Crippen LogP) is 11.7. The molecule has 0 fully saturated rings. The second-order valence-corrected chi connectivity index (χ2v) is 10.4. The van der Waals surface area contributed by atoms with Gasteiger partial charge in [0.2, 0.25) is 0 Å². The molecule has 202 valence electrons. The molecule has 0 N–H and O–H groups in total. The van der Waals surface area contributed by atoms with Gasteiger partial charge in [-0.05, 0) is 65.9 Å². The summed E-state index contributed by atoms with van der Waals surface area (Å²) in [7, 11) is 0. The first kappa shape index (κ1) is 26.4. The average Bonchev–Trinajstić information content (AvgIpc) is 3.42. The average molecular weight is 534 g/mol. The van der Waals surface area contributed by atoms with E-state index in [4.69, 9.17) is 4.42 Å². The topological polar surface area (TPSA) is 16.4 Å². The molecular formula is C39H35NO. The number of nitrogens with zero attached hydrogens (tertiary/aromatic N) is 1. The molecule has 0 aliphatic rings. The molecular weight excluding hydrogens is 498 g/mol. The number of hydrogen-bond acceptors (Lipinski definition) is 2. The van der Waals surface area contributed by atoms with Crippen molar-refractivity contribution in [3.63, 3.8) is 0 Å². The lowest BCUT2D eigenvalue weighted by atomic mass is 10.0. The molecule has 0 saturated carbocycles. The molecule has 0 atom stereocenters. The van der Waals surface area contributed by atoms with E-state index < -0.39 is 0 Å². The van der Waals surface area contributed by atoms with Crippen molar-refractivity contribution in [2.45, 2.75) is 32.6 Å². The monoisotopic (exact) mass is 533 g/mol. The molecule has 2 nitrogen and oxygen atoms in total. The van der Waals surface area contributed by atoms with Gasteiger partial charge in [0.15, 0.2) is 0 Å². The van der Waals surface area contributed by atoms with E-state index in [2.05, 4.69) is 134 Å². The zero-order valence-electron chi connectivity index (χ0n) is 23.6. The molecule has 6 aromatic rings. The van der Waals surface area contributed by atoms with E-state index in [1.54, 1.807) is 0 Å². The summed E-state index contributed by atoms with van der Waals surface area (Å²) >= 11 is 0. The molecule has 0 saturated heterocycles. The Balaban J connectivity index is 1.39. The van der Waals surface area contributed by atoms with Crippen LogP contribution in [0, 0.1) is 0 Å². The Bertz CT molecular complexity index is 1790. The fourth-order valence-electron chi connectivity index (χ4n) is 5.64. The standard InChI is InChI=1S/C39H35NO/c1-3-5-7-16-32(13-4-2)40(33-25-21-30(22-26-33)29-14-8-6-9-15-29)34-27-23-31(24-28-34)35-18-12-19-37-36-17-10-11-20-38(36)41-39(35)37/h4,6,8-15,17-28H,2-3,5,7,16H2,1H3/b32-13+. The third-order valence-electron chi connectivity index (χ3n) is 7.71. The summed E-state index contributed by atoms with van der Waals surface area (Å²) in [6.45, 7) is 6.29. The van der Waals surface area contributed by atoms with Gasteiger partial charge in [-0.2, -0.15) is 0 Å². The minimum atomic E-state index is 0.919. The highest BCUT2D eigenvalue weighted by Crippen LogP contribution is 2.38. The van der Waals surface area contributed by atoms with Crippen LogP contribution in [-0.2, 0) is 0 Å². The lowest BCUT2D eigenvalue weighted by Gasteiger charge is -2.28. The molecule has 0 bridgehead atoms. The number of para-hydroxylation sites is 2. The largest absolute Gasteiger partial charge is 0.455 e. The van der Waals surface area contributed by atoms with Crippen LogP contribution in [-0.4, -0.2) is 0 Å². The quantitative estimate of drug-likeness (QED) is 0.129. The number of rotatable bonds is 10. The molecule has 0 aliphatic carbocycles. The first-order valence-corrected chi connectivity index (χ1v) is 14.5. The molecule has 1 aromatic heterocycles. The van der Waals surface area contributed by atoms with E-state index >= 15 is 0 Å². The Morgan fingerprint density at radius 2 is 1.29 bits per heavy atom. The van der Waals surface area contributed by atoms with Gasteiger partial charge < -0.3 is 9.32 Å². The van der Waals surface area contributed by atoms with E-state index in [0.717, 1.165) is 57.3 Å². The van der Waals surface area contributed by atoms with E-state index in [1.807, 2.05) is 18.2 Å². The normalized spacial score (nSPS) is 11.7. The van der Waals surface area contributed by atoms with Crippen molar-refractivity contribution in [1.29, 1.82) is 0 Å². The van der Waals surface area contributed by atoms with Crippen LogP contribution in [0.3, 0.4) is 0 Å². The van der Waals surface area contributed by atoms with Crippen molar-refractivity contribution in [1.82, 2.24) is 0 Å². The Kier molecular flexibility index (Phi) is 7.82. The summed E-state index contributed by atoms with van der Waals surface area (Å²) in [6, 6.07) is 42.9. The van der Waals surface area contributed by atoms with Gasteiger partial charge in [0, 0.05) is 33.4 Å². The molecule has 0 spiro atoms. The van der Waals surface area contributed by atoms with Gasteiger partial charge in [-0.3, -0.25) is 0 Å². The Hall–Kier alpha value is -4.82. The summed E-state index contributed by atoms with van der Waals surface area (Å²) in [5.41, 5.74) is 10.0. The lowest BCUT2D eigenvalue weighted by Crippen LogP contribution is -2.16. The maximum atomic E-state index is 6.33.